The lowest BCUT2D eigenvalue weighted by Crippen LogP contribution is -2.43. The first-order chi connectivity index (χ1) is 20.1. The van der Waals surface area contributed by atoms with Gasteiger partial charge in [0.1, 0.15) is 27.3 Å². The molecule has 2 aliphatic heterocycles. The highest BCUT2D eigenvalue weighted by Gasteiger charge is 2.28. The van der Waals surface area contributed by atoms with E-state index in [0.717, 1.165) is 57.6 Å². The molecule has 0 spiro atoms. The summed E-state index contributed by atoms with van der Waals surface area (Å²) in [5.74, 6) is 2.38. The van der Waals surface area contributed by atoms with Crippen molar-refractivity contribution >= 4 is 33.5 Å². The molecule has 1 amide bonds. The molecule has 2 aromatic heterocycles. The van der Waals surface area contributed by atoms with Crippen molar-refractivity contribution in [3.8, 4) is 5.75 Å². The Labute approximate surface area is 256 Å². The maximum absolute atomic E-state index is 12.8. The minimum atomic E-state index is -0.461. The summed E-state index contributed by atoms with van der Waals surface area (Å²) >= 11 is 3.47. The second-order valence-electron chi connectivity index (χ2n) is 12.6. The van der Waals surface area contributed by atoms with Crippen LogP contribution in [0.1, 0.15) is 57.9 Å². The van der Waals surface area contributed by atoms with E-state index in [1.807, 2.05) is 43.9 Å². The summed E-state index contributed by atoms with van der Waals surface area (Å²) in [4.78, 5) is 34.0. The summed E-state index contributed by atoms with van der Waals surface area (Å²) in [5, 5.41) is 3.54. The Hall–Kier alpha value is -3.11. The van der Waals surface area contributed by atoms with Crippen LogP contribution in [0.3, 0.4) is 0 Å². The van der Waals surface area contributed by atoms with Gasteiger partial charge in [0.05, 0.1) is 6.61 Å². The highest BCUT2D eigenvalue weighted by atomic mass is 79.9. The Bertz CT molecular complexity index is 1430. The molecule has 2 aliphatic rings. The third-order valence-electron chi connectivity index (χ3n) is 8.07. The van der Waals surface area contributed by atoms with Crippen molar-refractivity contribution in [1.82, 2.24) is 19.2 Å². The Morgan fingerprint density at radius 3 is 2.55 bits per heavy atom. The van der Waals surface area contributed by atoms with Gasteiger partial charge in [-0.05, 0) is 111 Å². The van der Waals surface area contributed by atoms with E-state index in [1.54, 1.807) is 10.6 Å². The number of aromatic nitrogens is 2. The normalized spacial score (nSPS) is 20.5. The molecule has 2 atom stereocenters. The molecule has 2 saturated heterocycles. The van der Waals surface area contributed by atoms with Crippen molar-refractivity contribution in [3.05, 3.63) is 69.1 Å². The fourth-order valence-electron chi connectivity index (χ4n) is 5.93. The maximum Gasteiger partial charge on any atom is 0.410 e. The average molecular weight is 641 g/mol. The van der Waals surface area contributed by atoms with Crippen LogP contribution in [-0.4, -0.2) is 76.8 Å². The Kier molecular flexibility index (Phi) is 9.42. The van der Waals surface area contributed by atoms with Gasteiger partial charge in [0.25, 0.3) is 5.56 Å². The van der Waals surface area contributed by atoms with Gasteiger partial charge in [-0.25, -0.2) is 9.78 Å². The van der Waals surface area contributed by atoms with Crippen LogP contribution in [0.2, 0.25) is 0 Å². The first kappa shape index (κ1) is 30.4. The number of likely N-dealkylation sites (tertiary alicyclic amines) is 2. The van der Waals surface area contributed by atoms with Crippen LogP contribution >= 0.6 is 15.9 Å². The van der Waals surface area contributed by atoms with Crippen LogP contribution in [0.25, 0.3) is 5.65 Å². The van der Waals surface area contributed by atoms with Crippen LogP contribution in [0.4, 0.5) is 10.6 Å². The molecule has 0 saturated carbocycles. The van der Waals surface area contributed by atoms with Crippen LogP contribution < -0.4 is 15.6 Å². The molecule has 4 heterocycles. The number of likely N-dealkylation sites (N-methyl/N-ethyl adjacent to an activating group) is 1. The number of hydrogen-bond donors (Lipinski definition) is 1. The topological polar surface area (TPSA) is 88.4 Å². The van der Waals surface area contributed by atoms with Crippen molar-refractivity contribution in [2.45, 2.75) is 64.0 Å². The first-order valence-corrected chi connectivity index (χ1v) is 15.7. The molecule has 0 aliphatic carbocycles. The van der Waals surface area contributed by atoms with Crippen molar-refractivity contribution in [1.29, 1.82) is 0 Å². The number of piperidine rings is 2. The van der Waals surface area contributed by atoms with Gasteiger partial charge in [-0.3, -0.25) is 9.20 Å². The molecule has 42 heavy (non-hydrogen) atoms. The number of pyridine rings is 1. The van der Waals surface area contributed by atoms with Gasteiger partial charge in [-0.15, -0.1) is 0 Å². The zero-order chi connectivity index (χ0) is 29.9. The molecule has 2 fully saturated rings. The summed E-state index contributed by atoms with van der Waals surface area (Å²) in [6, 6.07) is 14.2. The molecule has 1 aromatic carbocycles. The summed E-state index contributed by atoms with van der Waals surface area (Å²) < 4.78 is 13.6. The minimum Gasteiger partial charge on any atom is -0.494 e. The molecule has 10 heteroatoms. The monoisotopic (exact) mass is 639 g/mol. The summed E-state index contributed by atoms with van der Waals surface area (Å²) in [6.07, 6.45) is 5.39. The van der Waals surface area contributed by atoms with E-state index in [-0.39, 0.29) is 17.7 Å². The summed E-state index contributed by atoms with van der Waals surface area (Å²) in [5.41, 5.74) is 1.32. The average Bonchev–Trinajstić information content (AvgIpc) is 2.95. The van der Waals surface area contributed by atoms with Crippen molar-refractivity contribution in [3.63, 3.8) is 0 Å². The van der Waals surface area contributed by atoms with Crippen molar-refractivity contribution in [2.24, 2.45) is 5.92 Å². The summed E-state index contributed by atoms with van der Waals surface area (Å²) in [7, 11) is 2.13. The smallest absolute Gasteiger partial charge is 0.410 e. The lowest BCUT2D eigenvalue weighted by molar-refractivity contribution is 0.0177. The second kappa shape index (κ2) is 13.0. The van der Waals surface area contributed by atoms with E-state index in [9.17, 15) is 9.59 Å². The van der Waals surface area contributed by atoms with Gasteiger partial charge in [0, 0.05) is 38.4 Å². The van der Waals surface area contributed by atoms with E-state index >= 15 is 0 Å². The fraction of sp³-hybridized carbons (Fsp3) is 0.531. The Balaban J connectivity index is 1.11. The van der Waals surface area contributed by atoms with E-state index < -0.39 is 5.60 Å². The predicted octanol–water partition coefficient (Wildman–Crippen LogP) is 5.77. The number of nitrogens with one attached hydrogen (secondary N) is 1. The van der Waals surface area contributed by atoms with Crippen LogP contribution in [0.15, 0.2) is 57.9 Å². The molecule has 5 rings (SSSR count). The Morgan fingerprint density at radius 1 is 1.10 bits per heavy atom. The quantitative estimate of drug-likeness (QED) is 0.351. The molecule has 0 radical (unpaired) electrons. The number of benzene rings is 1. The third kappa shape index (κ3) is 7.64. The van der Waals surface area contributed by atoms with Crippen LogP contribution in [-0.2, 0) is 4.74 Å². The first-order valence-electron chi connectivity index (χ1n) is 14.9. The summed E-state index contributed by atoms with van der Waals surface area (Å²) in [6.45, 7) is 9.69. The maximum atomic E-state index is 12.8. The zero-order valence-electron chi connectivity index (χ0n) is 25.0. The van der Waals surface area contributed by atoms with Gasteiger partial charge in [-0.1, -0.05) is 18.2 Å². The number of nitrogens with zero attached hydrogens (tertiary/aromatic N) is 4. The lowest BCUT2D eigenvalue weighted by Gasteiger charge is -2.36. The van der Waals surface area contributed by atoms with E-state index in [4.69, 9.17) is 14.5 Å². The number of rotatable bonds is 7. The molecular formula is C32H42BrN5O4. The predicted molar refractivity (Wildman–Crippen MR) is 169 cm³/mol. The number of fused-ring (bicyclic) bond motifs is 1. The number of carbonyl (C=O) groups is 1. The second-order valence-corrected chi connectivity index (χ2v) is 13.4. The van der Waals surface area contributed by atoms with Gasteiger partial charge < -0.3 is 24.6 Å². The molecular weight excluding hydrogens is 598 g/mol. The zero-order valence-corrected chi connectivity index (χ0v) is 26.6. The molecule has 3 aromatic rings. The molecule has 0 bridgehead atoms. The SMILES string of the molecule is CN1CC(Nc2nc3ccccn3c(=O)c2Br)CC(c2ccc(OCCC3CCN(C(=O)OC(C)(C)C)CC3)cc2)C1. The van der Waals surface area contributed by atoms with Gasteiger partial charge in [0.15, 0.2) is 0 Å². The molecule has 2 unspecified atom stereocenters. The number of amides is 1. The van der Waals surface area contributed by atoms with Crippen LogP contribution in [0, 0.1) is 5.92 Å². The highest BCUT2D eigenvalue weighted by Crippen LogP contribution is 2.30. The van der Waals surface area contributed by atoms with E-state index in [0.29, 0.717) is 34.4 Å². The number of halogens is 1. The van der Waals surface area contributed by atoms with E-state index in [1.165, 1.54) is 5.56 Å². The number of anilines is 1. The number of hydrogen-bond acceptors (Lipinski definition) is 7. The van der Waals surface area contributed by atoms with Crippen molar-refractivity contribution in [2.75, 3.05) is 45.2 Å². The third-order valence-corrected chi connectivity index (χ3v) is 8.78. The number of carbonyl (C=O) groups excluding carboxylic acids is 1. The molecule has 226 valence electrons. The fourth-order valence-corrected chi connectivity index (χ4v) is 6.33. The molecule has 1 N–H and O–H groups in total. The van der Waals surface area contributed by atoms with Gasteiger partial charge >= 0.3 is 6.09 Å². The largest absolute Gasteiger partial charge is 0.494 e. The van der Waals surface area contributed by atoms with Crippen LogP contribution in [0.5, 0.6) is 5.75 Å². The van der Waals surface area contributed by atoms with Crippen molar-refractivity contribution < 1.29 is 14.3 Å². The molecule has 9 nitrogen and oxygen atoms in total. The van der Waals surface area contributed by atoms with E-state index in [2.05, 4.69) is 57.5 Å². The van der Waals surface area contributed by atoms with Gasteiger partial charge in [0.2, 0.25) is 0 Å². The standard InChI is InChI=1S/C32H42BrN5O4/c1-32(2,3)42-31(40)37-16-12-22(13-17-37)14-18-41-26-10-8-23(9-11-26)24-19-25(21-36(4)20-24)34-29-28(33)30(39)38-15-6-5-7-27(38)35-29/h5-11,15,22,24-25,34H,12-14,16-21H2,1-4H3. The minimum absolute atomic E-state index is 0.120. The Morgan fingerprint density at radius 2 is 1.83 bits per heavy atom. The number of ether oxygens (including phenoxy) is 2. The lowest BCUT2D eigenvalue weighted by atomic mass is 9.88. The van der Waals surface area contributed by atoms with Gasteiger partial charge in [-0.2, -0.15) is 0 Å². The highest BCUT2D eigenvalue weighted by molar-refractivity contribution is 9.10.